The zero-order chi connectivity index (χ0) is 14.7. The molecule has 1 saturated carbocycles. The third-order valence-corrected chi connectivity index (χ3v) is 5.25. The Morgan fingerprint density at radius 2 is 2.05 bits per heavy atom. The second-order valence-corrected chi connectivity index (χ2v) is 7.06. The van der Waals surface area contributed by atoms with Crippen molar-refractivity contribution in [2.45, 2.75) is 45.1 Å². The van der Waals surface area contributed by atoms with Crippen molar-refractivity contribution in [2.75, 3.05) is 33.7 Å². The van der Waals surface area contributed by atoms with Crippen molar-refractivity contribution in [3.63, 3.8) is 0 Å². The molecule has 0 spiro atoms. The second-order valence-electron chi connectivity index (χ2n) is 7.06. The van der Waals surface area contributed by atoms with Crippen LogP contribution in [0.1, 0.15) is 39.0 Å². The number of carbonyl (C=O) groups excluding carboxylic acids is 1. The molecule has 4 atom stereocenters. The molecular formula is C16H31N3O. The Bertz CT molecular complexity index is 330. The predicted octanol–water partition coefficient (Wildman–Crippen LogP) is 1.55. The standard InChI is InChI=1S/C16H31N3O/c1-12-10-19(11-15(12)18(2)3)16(20)14-6-4-5-13(9-14)7-8-17/h12-15H,4-11,17H2,1-3H3. The van der Waals surface area contributed by atoms with Crippen LogP contribution in [-0.4, -0.2) is 55.5 Å². The van der Waals surface area contributed by atoms with E-state index in [2.05, 4.69) is 30.8 Å². The maximum atomic E-state index is 12.7. The maximum absolute atomic E-state index is 12.7. The number of nitrogens with two attached hydrogens (primary N) is 1. The van der Waals surface area contributed by atoms with Crippen molar-refractivity contribution >= 4 is 5.91 Å². The minimum absolute atomic E-state index is 0.258. The van der Waals surface area contributed by atoms with Gasteiger partial charge in [0.25, 0.3) is 0 Å². The summed E-state index contributed by atoms with van der Waals surface area (Å²) in [6, 6.07) is 0.516. The van der Waals surface area contributed by atoms with Gasteiger partial charge in [-0.05, 0) is 51.7 Å². The van der Waals surface area contributed by atoms with E-state index in [1.807, 2.05) is 0 Å². The van der Waals surface area contributed by atoms with E-state index < -0.39 is 0 Å². The zero-order valence-electron chi connectivity index (χ0n) is 13.3. The molecule has 0 aromatic carbocycles. The van der Waals surface area contributed by atoms with Crippen LogP contribution < -0.4 is 5.73 Å². The molecule has 4 heteroatoms. The number of hydrogen-bond donors (Lipinski definition) is 1. The van der Waals surface area contributed by atoms with E-state index in [0.717, 1.165) is 38.9 Å². The van der Waals surface area contributed by atoms with Gasteiger partial charge in [-0.2, -0.15) is 0 Å². The number of likely N-dealkylation sites (N-methyl/N-ethyl adjacent to an activating group) is 1. The van der Waals surface area contributed by atoms with Crippen LogP contribution in [0.3, 0.4) is 0 Å². The highest BCUT2D eigenvalue weighted by atomic mass is 16.2. The molecule has 0 bridgehead atoms. The van der Waals surface area contributed by atoms with Gasteiger partial charge in [-0.3, -0.25) is 4.79 Å². The predicted molar refractivity (Wildman–Crippen MR) is 82.3 cm³/mol. The van der Waals surface area contributed by atoms with Crippen LogP contribution in [0.25, 0.3) is 0 Å². The Balaban J connectivity index is 1.91. The smallest absolute Gasteiger partial charge is 0.225 e. The average Bonchev–Trinajstić information content (AvgIpc) is 2.81. The number of hydrogen-bond acceptors (Lipinski definition) is 3. The summed E-state index contributed by atoms with van der Waals surface area (Å²) in [7, 11) is 4.24. The normalized spacial score (nSPS) is 34.8. The van der Waals surface area contributed by atoms with Gasteiger partial charge in [0.05, 0.1) is 0 Å². The summed E-state index contributed by atoms with van der Waals surface area (Å²) in [5.41, 5.74) is 5.67. The largest absolute Gasteiger partial charge is 0.341 e. The molecule has 1 aliphatic heterocycles. The average molecular weight is 281 g/mol. The molecule has 1 saturated heterocycles. The number of nitrogens with zero attached hydrogens (tertiary/aromatic N) is 2. The monoisotopic (exact) mass is 281 g/mol. The number of amides is 1. The first kappa shape index (κ1) is 15.8. The molecule has 1 heterocycles. The fraction of sp³-hybridized carbons (Fsp3) is 0.938. The first-order chi connectivity index (χ1) is 9.52. The Morgan fingerprint density at radius 1 is 1.30 bits per heavy atom. The molecular weight excluding hydrogens is 250 g/mol. The lowest BCUT2D eigenvalue weighted by Gasteiger charge is -2.31. The van der Waals surface area contributed by atoms with Crippen LogP contribution in [0.4, 0.5) is 0 Å². The minimum Gasteiger partial charge on any atom is -0.341 e. The number of likely N-dealkylation sites (tertiary alicyclic amines) is 1. The third-order valence-electron chi connectivity index (χ3n) is 5.25. The van der Waals surface area contributed by atoms with Gasteiger partial charge in [0.15, 0.2) is 0 Å². The van der Waals surface area contributed by atoms with Crippen molar-refractivity contribution in [1.29, 1.82) is 0 Å². The van der Waals surface area contributed by atoms with Crippen molar-refractivity contribution in [1.82, 2.24) is 9.80 Å². The summed E-state index contributed by atoms with van der Waals surface area (Å²) in [6.45, 7) is 4.86. The lowest BCUT2D eigenvalue weighted by Crippen LogP contribution is -2.39. The minimum atomic E-state index is 0.258. The summed E-state index contributed by atoms with van der Waals surface area (Å²) in [4.78, 5) is 17.1. The summed E-state index contributed by atoms with van der Waals surface area (Å²) in [5.74, 6) is 1.92. The van der Waals surface area contributed by atoms with Crippen molar-refractivity contribution in [3.8, 4) is 0 Å². The van der Waals surface area contributed by atoms with E-state index in [1.165, 1.54) is 12.8 Å². The first-order valence-corrected chi connectivity index (χ1v) is 8.18. The fourth-order valence-electron chi connectivity index (χ4n) is 4.07. The summed E-state index contributed by atoms with van der Waals surface area (Å²) in [6.07, 6.45) is 5.69. The molecule has 116 valence electrons. The second kappa shape index (κ2) is 6.90. The molecule has 0 aromatic heterocycles. The van der Waals surface area contributed by atoms with Gasteiger partial charge in [0, 0.05) is 25.0 Å². The van der Waals surface area contributed by atoms with Crippen molar-refractivity contribution in [3.05, 3.63) is 0 Å². The lowest BCUT2D eigenvalue weighted by atomic mass is 9.79. The highest BCUT2D eigenvalue weighted by molar-refractivity contribution is 5.79. The zero-order valence-corrected chi connectivity index (χ0v) is 13.3. The highest BCUT2D eigenvalue weighted by Crippen LogP contribution is 2.33. The van der Waals surface area contributed by atoms with Crippen LogP contribution in [0.5, 0.6) is 0 Å². The molecule has 0 radical (unpaired) electrons. The summed E-state index contributed by atoms with van der Waals surface area (Å²) in [5, 5.41) is 0. The van der Waals surface area contributed by atoms with E-state index in [1.54, 1.807) is 0 Å². The maximum Gasteiger partial charge on any atom is 0.225 e. The van der Waals surface area contributed by atoms with Crippen LogP contribution in [0, 0.1) is 17.8 Å². The van der Waals surface area contributed by atoms with Gasteiger partial charge in [-0.15, -0.1) is 0 Å². The fourth-order valence-corrected chi connectivity index (χ4v) is 4.07. The van der Waals surface area contributed by atoms with Crippen molar-refractivity contribution in [2.24, 2.45) is 23.5 Å². The van der Waals surface area contributed by atoms with Crippen LogP contribution in [-0.2, 0) is 4.79 Å². The molecule has 2 fully saturated rings. The Hall–Kier alpha value is -0.610. The van der Waals surface area contributed by atoms with Gasteiger partial charge >= 0.3 is 0 Å². The molecule has 20 heavy (non-hydrogen) atoms. The van der Waals surface area contributed by atoms with Crippen LogP contribution >= 0.6 is 0 Å². The molecule has 4 unspecified atom stereocenters. The van der Waals surface area contributed by atoms with Gasteiger partial charge < -0.3 is 15.5 Å². The molecule has 0 aromatic rings. The third kappa shape index (κ3) is 3.53. The molecule has 1 aliphatic carbocycles. The Kier molecular flexibility index (Phi) is 5.44. The van der Waals surface area contributed by atoms with E-state index in [9.17, 15) is 4.79 Å². The van der Waals surface area contributed by atoms with E-state index in [-0.39, 0.29) is 5.92 Å². The van der Waals surface area contributed by atoms with Gasteiger partial charge in [-0.25, -0.2) is 0 Å². The Morgan fingerprint density at radius 3 is 2.65 bits per heavy atom. The number of rotatable bonds is 4. The van der Waals surface area contributed by atoms with Crippen molar-refractivity contribution < 1.29 is 4.79 Å². The topological polar surface area (TPSA) is 49.6 Å². The van der Waals surface area contributed by atoms with Crippen LogP contribution in [0.2, 0.25) is 0 Å². The quantitative estimate of drug-likeness (QED) is 0.850. The van der Waals surface area contributed by atoms with E-state index in [0.29, 0.717) is 23.8 Å². The summed E-state index contributed by atoms with van der Waals surface area (Å²) < 4.78 is 0. The summed E-state index contributed by atoms with van der Waals surface area (Å²) >= 11 is 0. The molecule has 1 amide bonds. The lowest BCUT2D eigenvalue weighted by molar-refractivity contribution is -0.136. The SMILES string of the molecule is CC1CN(C(=O)C2CCCC(CCN)C2)CC1N(C)C. The molecule has 2 aliphatic rings. The Labute approximate surface area is 123 Å². The van der Waals surface area contributed by atoms with Gasteiger partial charge in [0.2, 0.25) is 5.91 Å². The first-order valence-electron chi connectivity index (χ1n) is 8.18. The molecule has 2 N–H and O–H groups in total. The molecule has 4 nitrogen and oxygen atoms in total. The highest BCUT2D eigenvalue weighted by Gasteiger charge is 2.37. The van der Waals surface area contributed by atoms with Gasteiger partial charge in [-0.1, -0.05) is 19.8 Å². The van der Waals surface area contributed by atoms with Gasteiger partial charge in [0.1, 0.15) is 0 Å². The van der Waals surface area contributed by atoms with E-state index >= 15 is 0 Å². The van der Waals surface area contributed by atoms with E-state index in [4.69, 9.17) is 5.73 Å². The number of carbonyl (C=O) groups is 1. The van der Waals surface area contributed by atoms with Crippen LogP contribution in [0.15, 0.2) is 0 Å². The molecule has 2 rings (SSSR count).